The summed E-state index contributed by atoms with van der Waals surface area (Å²) < 4.78 is 0. The van der Waals surface area contributed by atoms with E-state index in [4.69, 9.17) is 0 Å². The van der Waals surface area contributed by atoms with Crippen molar-refractivity contribution in [2.24, 2.45) is 0 Å². The third-order valence-electron chi connectivity index (χ3n) is 3.21. The van der Waals surface area contributed by atoms with Gasteiger partial charge in [0.1, 0.15) is 0 Å². The molecule has 2 aliphatic heterocycles. The van der Waals surface area contributed by atoms with E-state index in [1.807, 2.05) is 18.7 Å². The summed E-state index contributed by atoms with van der Waals surface area (Å²) >= 11 is 0. The van der Waals surface area contributed by atoms with E-state index in [-0.39, 0.29) is 24.0 Å². The fourth-order valence-electron chi connectivity index (χ4n) is 2.29. The van der Waals surface area contributed by atoms with E-state index in [0.29, 0.717) is 6.42 Å². The van der Waals surface area contributed by atoms with Gasteiger partial charge in [0.05, 0.1) is 12.5 Å². The summed E-state index contributed by atoms with van der Waals surface area (Å²) in [5, 5.41) is 3.06. The van der Waals surface area contributed by atoms with Gasteiger partial charge in [-0.25, -0.2) is 9.80 Å². The number of nitrogens with zero attached hydrogens (tertiary/aromatic N) is 3. The van der Waals surface area contributed by atoms with Crippen LogP contribution in [-0.4, -0.2) is 52.5 Å². The molecular weight excluding hydrogens is 194 g/mol. The van der Waals surface area contributed by atoms with E-state index < -0.39 is 0 Å². The first-order valence-electron chi connectivity index (χ1n) is 5.38. The van der Waals surface area contributed by atoms with Crippen molar-refractivity contribution in [1.82, 2.24) is 14.9 Å². The molecule has 2 rings (SSSR count). The Morgan fingerprint density at radius 2 is 2.00 bits per heavy atom. The van der Waals surface area contributed by atoms with Gasteiger partial charge in [-0.15, -0.1) is 0 Å². The van der Waals surface area contributed by atoms with Crippen LogP contribution in [0.15, 0.2) is 0 Å². The largest absolute Gasteiger partial charge is 0.339 e. The SMILES string of the molecule is CC(C)N1CCC2CC(=O)N(C)N2C1=O. The molecule has 15 heavy (non-hydrogen) atoms. The van der Waals surface area contributed by atoms with E-state index in [2.05, 4.69) is 0 Å². The molecule has 2 fully saturated rings. The predicted molar refractivity (Wildman–Crippen MR) is 54.9 cm³/mol. The lowest BCUT2D eigenvalue weighted by molar-refractivity contribution is -0.134. The standard InChI is InChI=1S/C10H17N3O2/c1-7(2)12-5-4-8-6-9(14)11(3)13(8)10(12)15/h7-8H,4-6H2,1-3H3. The zero-order valence-corrected chi connectivity index (χ0v) is 9.43. The molecule has 5 nitrogen and oxygen atoms in total. The van der Waals surface area contributed by atoms with Crippen LogP contribution in [-0.2, 0) is 4.79 Å². The molecule has 0 radical (unpaired) electrons. The summed E-state index contributed by atoms with van der Waals surface area (Å²) in [5.74, 6) is 0.0407. The second kappa shape index (κ2) is 3.40. The Morgan fingerprint density at radius 3 is 2.60 bits per heavy atom. The average Bonchev–Trinajstić information content (AvgIpc) is 2.43. The van der Waals surface area contributed by atoms with Crippen LogP contribution >= 0.6 is 0 Å². The number of carbonyl (C=O) groups excluding carboxylic acids is 2. The molecule has 2 saturated heterocycles. The van der Waals surface area contributed by atoms with Crippen LogP contribution in [0.4, 0.5) is 4.79 Å². The molecular formula is C10H17N3O2. The van der Waals surface area contributed by atoms with Crippen molar-refractivity contribution in [2.75, 3.05) is 13.6 Å². The first kappa shape index (κ1) is 10.3. The molecule has 0 spiro atoms. The molecule has 0 saturated carbocycles. The lowest BCUT2D eigenvalue weighted by Gasteiger charge is -2.41. The van der Waals surface area contributed by atoms with Gasteiger partial charge in [-0.3, -0.25) is 9.80 Å². The van der Waals surface area contributed by atoms with Gasteiger partial charge in [0.25, 0.3) is 0 Å². The maximum absolute atomic E-state index is 12.1. The molecule has 84 valence electrons. The molecule has 1 unspecified atom stereocenters. The molecule has 0 aromatic rings. The van der Waals surface area contributed by atoms with Crippen molar-refractivity contribution in [3.63, 3.8) is 0 Å². The van der Waals surface area contributed by atoms with Crippen LogP contribution in [0.2, 0.25) is 0 Å². The highest BCUT2D eigenvalue weighted by Gasteiger charge is 2.44. The van der Waals surface area contributed by atoms with Crippen molar-refractivity contribution in [1.29, 1.82) is 0 Å². The van der Waals surface area contributed by atoms with Crippen LogP contribution in [0.5, 0.6) is 0 Å². The van der Waals surface area contributed by atoms with Crippen LogP contribution in [0.3, 0.4) is 0 Å². The van der Waals surface area contributed by atoms with E-state index in [1.54, 1.807) is 12.1 Å². The zero-order valence-electron chi connectivity index (χ0n) is 9.43. The topological polar surface area (TPSA) is 43.9 Å². The molecule has 0 bridgehead atoms. The Bertz CT molecular complexity index is 303. The summed E-state index contributed by atoms with van der Waals surface area (Å²) in [6, 6.07) is 0.252. The monoisotopic (exact) mass is 211 g/mol. The molecule has 3 amide bonds. The first-order chi connectivity index (χ1) is 7.02. The number of amides is 3. The van der Waals surface area contributed by atoms with Gasteiger partial charge < -0.3 is 4.90 Å². The summed E-state index contributed by atoms with van der Waals surface area (Å²) in [5.41, 5.74) is 0. The fraction of sp³-hybridized carbons (Fsp3) is 0.800. The van der Waals surface area contributed by atoms with Gasteiger partial charge in [-0.05, 0) is 20.3 Å². The number of carbonyl (C=O) groups is 2. The molecule has 0 aliphatic carbocycles. The molecule has 1 atom stereocenters. The second-order valence-electron chi connectivity index (χ2n) is 4.48. The Kier molecular flexibility index (Phi) is 2.32. The third-order valence-corrected chi connectivity index (χ3v) is 3.21. The lowest BCUT2D eigenvalue weighted by atomic mass is 10.1. The minimum atomic E-state index is -0.0328. The molecule has 5 heteroatoms. The van der Waals surface area contributed by atoms with Crippen LogP contribution in [0, 0.1) is 0 Å². The van der Waals surface area contributed by atoms with Gasteiger partial charge in [-0.1, -0.05) is 0 Å². The van der Waals surface area contributed by atoms with Crippen LogP contribution < -0.4 is 0 Å². The highest BCUT2D eigenvalue weighted by molar-refractivity contribution is 5.86. The van der Waals surface area contributed by atoms with Crippen molar-refractivity contribution in [3.8, 4) is 0 Å². The van der Waals surface area contributed by atoms with Gasteiger partial charge >= 0.3 is 6.03 Å². The van der Waals surface area contributed by atoms with E-state index in [1.165, 1.54) is 5.01 Å². The Labute approximate surface area is 89.6 Å². The summed E-state index contributed by atoms with van der Waals surface area (Å²) in [6.07, 6.45) is 1.37. The van der Waals surface area contributed by atoms with Crippen molar-refractivity contribution >= 4 is 11.9 Å². The summed E-state index contributed by atoms with van der Waals surface area (Å²) in [7, 11) is 1.67. The maximum atomic E-state index is 12.1. The second-order valence-corrected chi connectivity index (χ2v) is 4.48. The lowest BCUT2D eigenvalue weighted by Crippen LogP contribution is -2.57. The predicted octanol–water partition coefficient (Wildman–Crippen LogP) is 0.668. The van der Waals surface area contributed by atoms with Crippen LogP contribution in [0.25, 0.3) is 0 Å². The van der Waals surface area contributed by atoms with Gasteiger partial charge in [0.2, 0.25) is 5.91 Å². The highest BCUT2D eigenvalue weighted by atomic mass is 16.2. The van der Waals surface area contributed by atoms with Crippen molar-refractivity contribution in [2.45, 2.75) is 38.8 Å². The number of fused-ring (bicyclic) bond motifs is 1. The highest BCUT2D eigenvalue weighted by Crippen LogP contribution is 2.27. The van der Waals surface area contributed by atoms with Gasteiger partial charge in [0, 0.05) is 19.6 Å². The quantitative estimate of drug-likeness (QED) is 0.639. The average molecular weight is 211 g/mol. The van der Waals surface area contributed by atoms with Crippen LogP contribution in [0.1, 0.15) is 26.7 Å². The van der Waals surface area contributed by atoms with E-state index in [0.717, 1.165) is 13.0 Å². The first-order valence-corrected chi connectivity index (χ1v) is 5.38. The minimum absolute atomic E-state index is 0.0328. The normalized spacial score (nSPS) is 26.7. The van der Waals surface area contributed by atoms with Crippen molar-refractivity contribution < 1.29 is 9.59 Å². The number of hydrogen-bond acceptors (Lipinski definition) is 2. The zero-order chi connectivity index (χ0) is 11.2. The summed E-state index contributed by atoms with van der Waals surface area (Å²) in [6.45, 7) is 4.75. The number of rotatable bonds is 1. The summed E-state index contributed by atoms with van der Waals surface area (Å²) in [4.78, 5) is 25.3. The Morgan fingerprint density at radius 1 is 1.33 bits per heavy atom. The maximum Gasteiger partial charge on any atom is 0.339 e. The molecule has 2 heterocycles. The van der Waals surface area contributed by atoms with E-state index >= 15 is 0 Å². The van der Waals surface area contributed by atoms with Gasteiger partial charge in [0.15, 0.2) is 0 Å². The smallest absolute Gasteiger partial charge is 0.321 e. The fourth-order valence-corrected chi connectivity index (χ4v) is 2.29. The Hall–Kier alpha value is -1.26. The minimum Gasteiger partial charge on any atom is -0.321 e. The number of hydrazine groups is 1. The van der Waals surface area contributed by atoms with Crippen molar-refractivity contribution in [3.05, 3.63) is 0 Å². The molecule has 0 N–H and O–H groups in total. The Balaban J connectivity index is 2.20. The van der Waals surface area contributed by atoms with Gasteiger partial charge in [-0.2, -0.15) is 0 Å². The van der Waals surface area contributed by atoms with E-state index in [9.17, 15) is 9.59 Å². The number of hydrogen-bond donors (Lipinski definition) is 0. The molecule has 2 aliphatic rings. The number of urea groups is 1. The molecule has 0 aromatic heterocycles. The third kappa shape index (κ3) is 1.46. The molecule has 0 aromatic carbocycles.